The van der Waals surface area contributed by atoms with Gasteiger partial charge in [-0.25, -0.2) is 9.97 Å². The molecule has 0 atom stereocenters. The van der Waals surface area contributed by atoms with Crippen LogP contribution in [0, 0.1) is 0 Å². The summed E-state index contributed by atoms with van der Waals surface area (Å²) < 4.78 is 4.84. The highest BCUT2D eigenvalue weighted by Crippen LogP contribution is 2.51. The Morgan fingerprint density at radius 2 is 0.717 bits per heavy atom. The fourth-order valence-electron chi connectivity index (χ4n) is 9.98. The first-order valence-corrected chi connectivity index (χ1v) is 20.5. The molecule has 13 aromatic rings. The van der Waals surface area contributed by atoms with Gasteiger partial charge in [-0.2, -0.15) is 0 Å². The van der Waals surface area contributed by atoms with Crippen molar-refractivity contribution in [3.8, 4) is 34.0 Å². The third-order valence-electron chi connectivity index (χ3n) is 12.5. The first kappa shape index (κ1) is 32.9. The second-order valence-corrected chi connectivity index (χ2v) is 15.7. The van der Waals surface area contributed by atoms with Gasteiger partial charge in [0, 0.05) is 49.0 Å². The number of para-hydroxylation sites is 3. The lowest BCUT2D eigenvalue weighted by Gasteiger charge is -2.17. The van der Waals surface area contributed by atoms with Crippen LogP contribution < -0.4 is 0 Å². The molecule has 3 heterocycles. The van der Waals surface area contributed by atoms with Gasteiger partial charge in [0.05, 0.1) is 33.3 Å². The van der Waals surface area contributed by atoms with Gasteiger partial charge in [-0.1, -0.05) is 176 Å². The smallest absolute Gasteiger partial charge is 0.235 e. The van der Waals surface area contributed by atoms with E-state index >= 15 is 0 Å². The normalized spacial score (nSPS) is 12.0. The van der Waals surface area contributed by atoms with E-state index in [-0.39, 0.29) is 0 Å². The van der Waals surface area contributed by atoms with Crippen LogP contribution in [0.15, 0.2) is 206 Å². The van der Waals surface area contributed by atoms with Gasteiger partial charge in [0.1, 0.15) is 0 Å². The molecule has 4 heteroatoms. The molecule has 0 bridgehead atoms. The number of hydrogen-bond acceptors (Lipinski definition) is 2. The number of rotatable bonds is 4. The van der Waals surface area contributed by atoms with Crippen LogP contribution in [0.25, 0.3) is 121 Å². The van der Waals surface area contributed by atoms with Gasteiger partial charge in [-0.3, -0.25) is 4.57 Å². The van der Waals surface area contributed by atoms with Gasteiger partial charge in [-0.15, -0.1) is 0 Å². The maximum atomic E-state index is 5.56. The van der Waals surface area contributed by atoms with Crippen LogP contribution in [-0.4, -0.2) is 19.1 Å². The number of benzene rings is 10. The zero-order valence-electron chi connectivity index (χ0n) is 32.4. The van der Waals surface area contributed by atoms with Gasteiger partial charge in [0.2, 0.25) is 5.95 Å². The summed E-state index contributed by atoms with van der Waals surface area (Å²) in [6, 6.07) is 74.2. The van der Waals surface area contributed by atoms with Crippen LogP contribution in [0.5, 0.6) is 0 Å². The van der Waals surface area contributed by atoms with E-state index in [1.165, 1.54) is 59.6 Å². The Kier molecular flexibility index (Phi) is 6.98. The lowest BCUT2D eigenvalue weighted by Crippen LogP contribution is -2.05. The first-order valence-electron chi connectivity index (χ1n) is 20.5. The number of aromatic nitrogens is 4. The summed E-state index contributed by atoms with van der Waals surface area (Å²) in [5, 5.41) is 13.3. The van der Waals surface area contributed by atoms with Crippen molar-refractivity contribution in [3.05, 3.63) is 206 Å². The Bertz CT molecular complexity index is 3860. The zero-order valence-corrected chi connectivity index (χ0v) is 32.4. The molecular weight excluding hydrogens is 729 g/mol. The summed E-state index contributed by atoms with van der Waals surface area (Å²) in [6.45, 7) is 0. The Morgan fingerprint density at radius 1 is 0.283 bits per heavy atom. The van der Waals surface area contributed by atoms with Gasteiger partial charge in [0.15, 0.2) is 0 Å². The average Bonchev–Trinajstić information content (AvgIpc) is 3.85. The van der Waals surface area contributed by atoms with Crippen molar-refractivity contribution in [2.24, 2.45) is 0 Å². The molecule has 0 N–H and O–H groups in total. The van der Waals surface area contributed by atoms with Gasteiger partial charge >= 0.3 is 0 Å². The van der Waals surface area contributed by atoms with Gasteiger partial charge in [0.25, 0.3) is 0 Å². The van der Waals surface area contributed by atoms with Crippen molar-refractivity contribution in [1.82, 2.24) is 19.1 Å². The fraction of sp³-hybridized carbons (Fsp3) is 0. The fourth-order valence-corrected chi connectivity index (χ4v) is 9.98. The summed E-state index contributed by atoms with van der Waals surface area (Å²) in [7, 11) is 0. The van der Waals surface area contributed by atoms with Crippen molar-refractivity contribution in [3.63, 3.8) is 0 Å². The molecule has 0 spiro atoms. The maximum Gasteiger partial charge on any atom is 0.235 e. The zero-order chi connectivity index (χ0) is 39.3. The molecular formula is C56H34N4. The molecule has 0 radical (unpaired) electrons. The molecule has 0 unspecified atom stereocenters. The molecule has 0 aliphatic heterocycles. The molecule has 0 aliphatic rings. The van der Waals surface area contributed by atoms with Crippen molar-refractivity contribution in [1.29, 1.82) is 0 Å². The van der Waals surface area contributed by atoms with E-state index in [0.717, 1.165) is 55.3 Å². The highest BCUT2D eigenvalue weighted by molar-refractivity contribution is 6.45. The van der Waals surface area contributed by atoms with Crippen LogP contribution in [-0.2, 0) is 0 Å². The van der Waals surface area contributed by atoms with E-state index in [1.54, 1.807) is 0 Å². The van der Waals surface area contributed by atoms with E-state index in [1.807, 2.05) is 0 Å². The third kappa shape index (κ3) is 4.61. The monoisotopic (exact) mass is 762 g/mol. The minimum absolute atomic E-state index is 0.640. The molecule has 0 saturated carbocycles. The van der Waals surface area contributed by atoms with Crippen LogP contribution in [0.1, 0.15) is 0 Å². The van der Waals surface area contributed by atoms with Crippen molar-refractivity contribution in [2.75, 3.05) is 0 Å². The van der Waals surface area contributed by atoms with E-state index in [9.17, 15) is 0 Å². The Labute approximate surface area is 344 Å². The van der Waals surface area contributed by atoms with Crippen LogP contribution in [0.3, 0.4) is 0 Å². The van der Waals surface area contributed by atoms with Crippen molar-refractivity contribution in [2.45, 2.75) is 0 Å². The van der Waals surface area contributed by atoms with Crippen LogP contribution in [0.4, 0.5) is 0 Å². The lowest BCUT2D eigenvalue weighted by molar-refractivity contribution is 1.01. The molecule has 0 aliphatic carbocycles. The van der Waals surface area contributed by atoms with E-state index in [0.29, 0.717) is 5.95 Å². The quantitative estimate of drug-likeness (QED) is 0.167. The number of fused-ring (bicyclic) bond motifs is 16. The van der Waals surface area contributed by atoms with E-state index in [4.69, 9.17) is 9.97 Å². The Balaban J connectivity index is 1.30. The molecule has 0 amide bonds. The predicted molar refractivity (Wildman–Crippen MR) is 252 cm³/mol. The summed E-state index contributed by atoms with van der Waals surface area (Å²) in [6.07, 6.45) is 0. The SMILES string of the molecule is c1ccc(-c2ccc(-n3c4ccccc4c4c5c6ccccc6c6ccccc6c5c5c6ccccc6n(-c6nc(-c7ccccc7)c7ccccc7n6)c5c43)cc2)cc1. The third-order valence-corrected chi connectivity index (χ3v) is 12.5. The number of hydrogen-bond donors (Lipinski definition) is 0. The average molecular weight is 763 g/mol. The Hall–Kier alpha value is -8.08. The minimum atomic E-state index is 0.640. The summed E-state index contributed by atoms with van der Waals surface area (Å²) >= 11 is 0. The first-order chi connectivity index (χ1) is 29.8. The molecule has 60 heavy (non-hydrogen) atoms. The molecule has 0 fully saturated rings. The number of nitrogens with zero attached hydrogens (tertiary/aromatic N) is 4. The summed E-state index contributed by atoms with van der Waals surface area (Å²) in [4.78, 5) is 11.0. The molecule has 278 valence electrons. The highest BCUT2D eigenvalue weighted by atomic mass is 15.2. The molecule has 0 saturated heterocycles. The van der Waals surface area contributed by atoms with Gasteiger partial charge < -0.3 is 4.57 Å². The largest absolute Gasteiger partial charge is 0.307 e. The molecule has 10 aromatic carbocycles. The summed E-state index contributed by atoms with van der Waals surface area (Å²) in [5.74, 6) is 0.640. The molecule has 3 aromatic heterocycles. The van der Waals surface area contributed by atoms with Gasteiger partial charge in [-0.05, 0) is 63.0 Å². The van der Waals surface area contributed by atoms with Crippen molar-refractivity contribution < 1.29 is 0 Å². The molecule has 13 rings (SSSR count). The topological polar surface area (TPSA) is 35.6 Å². The maximum absolute atomic E-state index is 5.56. The van der Waals surface area contributed by atoms with E-state index < -0.39 is 0 Å². The Morgan fingerprint density at radius 3 is 1.32 bits per heavy atom. The van der Waals surface area contributed by atoms with Crippen LogP contribution >= 0.6 is 0 Å². The highest BCUT2D eigenvalue weighted by Gasteiger charge is 2.28. The summed E-state index contributed by atoms with van der Waals surface area (Å²) in [5.41, 5.74) is 10.7. The molecule has 4 nitrogen and oxygen atoms in total. The van der Waals surface area contributed by atoms with Crippen molar-refractivity contribution >= 4 is 86.8 Å². The lowest BCUT2D eigenvalue weighted by atomic mass is 9.89. The second kappa shape index (κ2) is 12.7. The second-order valence-electron chi connectivity index (χ2n) is 15.7. The van der Waals surface area contributed by atoms with Crippen LogP contribution in [0.2, 0.25) is 0 Å². The van der Waals surface area contributed by atoms with E-state index in [2.05, 4.69) is 215 Å². The minimum Gasteiger partial charge on any atom is -0.307 e. The standard InChI is InChI=1S/C56H34N4/c1-3-17-35(18-4-1)36-31-33-38(34-32-36)59-47-29-15-12-26-44(47)51-49-41-23-9-7-21-39(41)40-22-8-10-24-42(40)50(49)52-45-27-13-16-30-48(45)60(55(52)54(51)59)56-57-46-28-14-11-25-43(46)53(58-56)37-19-5-2-6-20-37/h1-34H. The predicted octanol–water partition coefficient (Wildman–Crippen LogP) is 14.6.